The molecular formula is C9H5NO7S. The van der Waals surface area contributed by atoms with E-state index in [9.17, 15) is 22.8 Å². The molecule has 0 spiro atoms. The van der Waals surface area contributed by atoms with Crippen molar-refractivity contribution < 1.29 is 32.1 Å². The van der Waals surface area contributed by atoms with E-state index in [1.807, 2.05) is 0 Å². The summed E-state index contributed by atoms with van der Waals surface area (Å²) >= 11 is 0. The fraction of sp³-hybridized carbons (Fsp3) is 0. The van der Waals surface area contributed by atoms with Crippen LogP contribution < -0.4 is 4.72 Å². The summed E-state index contributed by atoms with van der Waals surface area (Å²) in [5.41, 5.74) is -0.357. The number of nitrogens with one attached hydrogen (secondary N) is 1. The number of rotatable bonds is 2. The van der Waals surface area contributed by atoms with Gasteiger partial charge in [0.05, 0.1) is 11.1 Å². The molecular weight excluding hydrogens is 266 g/mol. The fourth-order valence-corrected chi connectivity index (χ4v) is 1.75. The van der Waals surface area contributed by atoms with Crippen molar-refractivity contribution in [1.82, 2.24) is 4.72 Å². The van der Waals surface area contributed by atoms with Gasteiger partial charge < -0.3 is 4.74 Å². The van der Waals surface area contributed by atoms with Gasteiger partial charge >= 0.3 is 22.2 Å². The molecule has 0 aliphatic carbocycles. The minimum Gasteiger partial charge on any atom is -0.386 e. The highest BCUT2D eigenvalue weighted by molar-refractivity contribution is 7.84. The first-order valence-electron chi connectivity index (χ1n) is 4.48. The van der Waals surface area contributed by atoms with Gasteiger partial charge in [-0.3, -0.25) is 9.35 Å². The Hall–Kier alpha value is -2.26. The minimum absolute atomic E-state index is 0.0107. The first kappa shape index (κ1) is 12.2. The normalized spacial score (nSPS) is 14.1. The molecule has 0 saturated carbocycles. The zero-order valence-corrected chi connectivity index (χ0v) is 9.35. The molecule has 0 fully saturated rings. The van der Waals surface area contributed by atoms with Crippen LogP contribution in [0.4, 0.5) is 0 Å². The Morgan fingerprint density at radius 3 is 2.39 bits per heavy atom. The number of hydrogen-bond acceptors (Lipinski definition) is 6. The summed E-state index contributed by atoms with van der Waals surface area (Å²) in [6.45, 7) is 0. The molecule has 0 aromatic heterocycles. The van der Waals surface area contributed by atoms with E-state index in [2.05, 4.69) is 4.74 Å². The molecule has 1 amide bonds. The molecule has 94 valence electrons. The van der Waals surface area contributed by atoms with Crippen molar-refractivity contribution in [3.8, 4) is 0 Å². The topological polar surface area (TPSA) is 127 Å². The Balaban J connectivity index is 2.39. The molecule has 0 saturated heterocycles. The molecule has 18 heavy (non-hydrogen) atoms. The molecule has 0 radical (unpaired) electrons. The quantitative estimate of drug-likeness (QED) is 0.423. The van der Waals surface area contributed by atoms with Crippen LogP contribution in [-0.2, 0) is 15.0 Å². The van der Waals surface area contributed by atoms with Crippen LogP contribution in [0.5, 0.6) is 0 Å². The largest absolute Gasteiger partial charge is 0.386 e. The Morgan fingerprint density at radius 2 is 1.78 bits per heavy atom. The molecule has 8 nitrogen and oxygen atoms in total. The molecule has 1 aliphatic rings. The molecule has 9 heteroatoms. The van der Waals surface area contributed by atoms with Crippen molar-refractivity contribution in [2.24, 2.45) is 0 Å². The van der Waals surface area contributed by atoms with Crippen LogP contribution in [0.15, 0.2) is 18.2 Å². The van der Waals surface area contributed by atoms with Crippen molar-refractivity contribution in [1.29, 1.82) is 0 Å². The lowest BCUT2D eigenvalue weighted by molar-refractivity contribution is 0.0443. The third-order valence-electron chi connectivity index (χ3n) is 2.13. The predicted octanol–water partition coefficient (Wildman–Crippen LogP) is -0.470. The van der Waals surface area contributed by atoms with Gasteiger partial charge in [-0.05, 0) is 18.2 Å². The van der Waals surface area contributed by atoms with E-state index in [1.54, 1.807) is 0 Å². The van der Waals surface area contributed by atoms with Crippen molar-refractivity contribution in [3.63, 3.8) is 0 Å². The van der Waals surface area contributed by atoms with Crippen molar-refractivity contribution >= 4 is 28.1 Å². The van der Waals surface area contributed by atoms with Crippen LogP contribution >= 0.6 is 0 Å². The standard InChI is InChI=1S/C9H5NO7S/c11-7(10-18(14,15)16)4-1-2-5-6(3-4)9(13)17-8(5)12/h1-3H,(H,10,11)(H,14,15,16). The second-order valence-electron chi connectivity index (χ2n) is 3.34. The van der Waals surface area contributed by atoms with E-state index in [0.717, 1.165) is 18.2 Å². The van der Waals surface area contributed by atoms with Gasteiger partial charge in [0.25, 0.3) is 5.91 Å². The maximum atomic E-state index is 11.4. The number of esters is 2. The lowest BCUT2D eigenvalue weighted by Gasteiger charge is -2.02. The maximum absolute atomic E-state index is 11.4. The van der Waals surface area contributed by atoms with Gasteiger partial charge in [-0.15, -0.1) is 0 Å². The number of fused-ring (bicyclic) bond motifs is 1. The predicted molar refractivity (Wildman–Crippen MR) is 55.2 cm³/mol. The molecule has 1 aromatic rings. The van der Waals surface area contributed by atoms with Crippen LogP contribution in [0.3, 0.4) is 0 Å². The first-order valence-corrected chi connectivity index (χ1v) is 5.92. The molecule has 2 N–H and O–H groups in total. The second kappa shape index (κ2) is 3.89. The Bertz CT molecular complexity index is 676. The molecule has 1 aromatic carbocycles. The Kier molecular flexibility index (Phi) is 2.64. The molecule has 1 aliphatic heterocycles. The van der Waals surface area contributed by atoms with Crippen molar-refractivity contribution in [3.05, 3.63) is 34.9 Å². The fourth-order valence-electron chi connectivity index (χ4n) is 1.40. The van der Waals surface area contributed by atoms with Gasteiger partial charge in [0, 0.05) is 5.56 Å². The number of hydrogen-bond donors (Lipinski definition) is 2. The zero-order chi connectivity index (χ0) is 13.5. The molecule has 1 heterocycles. The van der Waals surface area contributed by atoms with E-state index < -0.39 is 28.1 Å². The van der Waals surface area contributed by atoms with Gasteiger partial charge in [0.15, 0.2) is 0 Å². The van der Waals surface area contributed by atoms with E-state index in [0.29, 0.717) is 0 Å². The summed E-state index contributed by atoms with van der Waals surface area (Å²) in [4.78, 5) is 33.7. The van der Waals surface area contributed by atoms with Crippen LogP contribution in [0.25, 0.3) is 0 Å². The SMILES string of the molecule is O=C(NS(=O)(=O)O)c1ccc2c(c1)C(=O)OC2=O. The second-order valence-corrected chi connectivity index (χ2v) is 4.50. The molecule has 0 atom stereocenters. The summed E-state index contributed by atoms with van der Waals surface area (Å²) in [5, 5.41) is 0. The number of amides is 1. The van der Waals surface area contributed by atoms with Gasteiger partial charge in [-0.25, -0.2) is 14.3 Å². The van der Waals surface area contributed by atoms with Gasteiger partial charge in [0.1, 0.15) is 0 Å². The van der Waals surface area contributed by atoms with E-state index in [1.165, 1.54) is 4.72 Å². The van der Waals surface area contributed by atoms with Crippen molar-refractivity contribution in [2.75, 3.05) is 0 Å². The maximum Gasteiger partial charge on any atom is 0.359 e. The lowest BCUT2D eigenvalue weighted by Crippen LogP contribution is -2.29. The van der Waals surface area contributed by atoms with E-state index >= 15 is 0 Å². The van der Waals surface area contributed by atoms with Crippen molar-refractivity contribution in [2.45, 2.75) is 0 Å². The van der Waals surface area contributed by atoms with Gasteiger partial charge in [0.2, 0.25) is 0 Å². The van der Waals surface area contributed by atoms with Crippen LogP contribution in [0, 0.1) is 0 Å². The van der Waals surface area contributed by atoms with E-state index in [-0.39, 0.29) is 16.7 Å². The summed E-state index contributed by atoms with van der Waals surface area (Å²) in [7, 11) is -4.69. The average molecular weight is 271 g/mol. The highest BCUT2D eigenvalue weighted by Crippen LogP contribution is 2.21. The first-order chi connectivity index (χ1) is 8.28. The third kappa shape index (κ3) is 2.21. The number of carbonyl (C=O) groups is 3. The molecule has 0 unspecified atom stereocenters. The summed E-state index contributed by atoms with van der Waals surface area (Å²) in [6, 6.07) is 3.28. The zero-order valence-electron chi connectivity index (χ0n) is 8.54. The van der Waals surface area contributed by atoms with Crippen LogP contribution in [0.2, 0.25) is 0 Å². The minimum atomic E-state index is -4.69. The van der Waals surface area contributed by atoms with Crippen LogP contribution in [0.1, 0.15) is 31.1 Å². The van der Waals surface area contributed by atoms with E-state index in [4.69, 9.17) is 4.55 Å². The average Bonchev–Trinajstić information content (AvgIpc) is 2.52. The summed E-state index contributed by atoms with van der Waals surface area (Å²) < 4.78 is 34.9. The summed E-state index contributed by atoms with van der Waals surface area (Å²) in [6.07, 6.45) is 0. The highest BCUT2D eigenvalue weighted by atomic mass is 32.2. The van der Waals surface area contributed by atoms with Gasteiger partial charge in [-0.2, -0.15) is 8.42 Å². The summed E-state index contributed by atoms with van der Waals surface area (Å²) in [5.74, 6) is -2.89. The molecule has 0 bridgehead atoms. The number of cyclic esters (lactones) is 2. The molecule has 2 rings (SSSR count). The van der Waals surface area contributed by atoms with Gasteiger partial charge in [-0.1, -0.05) is 0 Å². The lowest BCUT2D eigenvalue weighted by atomic mass is 10.1. The monoisotopic (exact) mass is 271 g/mol. The Labute approximate surface area is 100 Å². The smallest absolute Gasteiger partial charge is 0.359 e. The third-order valence-corrected chi connectivity index (χ3v) is 2.57. The Morgan fingerprint density at radius 1 is 1.17 bits per heavy atom. The number of carbonyl (C=O) groups excluding carboxylic acids is 3. The van der Waals surface area contributed by atoms with Crippen LogP contribution in [-0.4, -0.2) is 30.8 Å². The highest BCUT2D eigenvalue weighted by Gasteiger charge is 2.30. The number of benzene rings is 1. The number of ether oxygens (including phenoxy) is 1.